The first-order valence-electron chi connectivity index (χ1n) is 9.31. The van der Waals surface area contributed by atoms with Crippen LogP contribution in [0.25, 0.3) is 0 Å². The van der Waals surface area contributed by atoms with Crippen LogP contribution in [0.2, 0.25) is 0 Å². The minimum absolute atomic E-state index is 0.0110. The summed E-state index contributed by atoms with van der Waals surface area (Å²) >= 11 is 0. The largest absolute Gasteiger partial charge is 0.444 e. The number of benzene rings is 2. The minimum atomic E-state index is -0.555. The Morgan fingerprint density at radius 2 is 1.89 bits per heavy atom. The number of nitrogens with zero attached hydrogens (tertiary/aromatic N) is 1. The van der Waals surface area contributed by atoms with Crippen LogP contribution in [0.3, 0.4) is 0 Å². The van der Waals surface area contributed by atoms with E-state index < -0.39 is 11.7 Å². The smallest absolute Gasteiger partial charge is 0.407 e. The maximum atomic E-state index is 13.8. The van der Waals surface area contributed by atoms with Gasteiger partial charge < -0.3 is 10.1 Å². The average Bonchev–Trinajstić information content (AvgIpc) is 2.96. The first-order chi connectivity index (χ1) is 12.8. The first-order valence-corrected chi connectivity index (χ1v) is 9.31. The van der Waals surface area contributed by atoms with Crippen molar-refractivity contribution in [1.29, 1.82) is 0 Å². The van der Waals surface area contributed by atoms with E-state index in [0.29, 0.717) is 6.54 Å². The van der Waals surface area contributed by atoms with Gasteiger partial charge >= 0.3 is 6.09 Å². The fourth-order valence-corrected chi connectivity index (χ4v) is 3.54. The lowest BCUT2D eigenvalue weighted by Gasteiger charge is -2.24. The molecule has 3 rings (SSSR count). The molecule has 4 nitrogen and oxygen atoms in total. The molecular formula is C22H27FN2O2. The lowest BCUT2D eigenvalue weighted by molar-refractivity contribution is 0.0502. The quantitative estimate of drug-likeness (QED) is 0.872. The van der Waals surface area contributed by atoms with Crippen molar-refractivity contribution in [2.24, 2.45) is 0 Å². The molecule has 5 heteroatoms. The van der Waals surface area contributed by atoms with Crippen molar-refractivity contribution in [3.63, 3.8) is 0 Å². The zero-order valence-electron chi connectivity index (χ0n) is 16.1. The highest BCUT2D eigenvalue weighted by atomic mass is 19.1. The van der Waals surface area contributed by atoms with Gasteiger partial charge in [0, 0.05) is 25.6 Å². The van der Waals surface area contributed by atoms with Gasteiger partial charge in [-0.15, -0.1) is 0 Å². The molecule has 2 aromatic rings. The van der Waals surface area contributed by atoms with Crippen LogP contribution in [0.1, 0.15) is 37.8 Å². The Kier molecular flexibility index (Phi) is 5.80. The third-order valence-corrected chi connectivity index (χ3v) is 4.62. The zero-order chi connectivity index (χ0) is 19.4. The second-order valence-electron chi connectivity index (χ2n) is 8.09. The number of nitrogens with one attached hydrogen (secondary N) is 1. The summed E-state index contributed by atoms with van der Waals surface area (Å²) in [6.45, 7) is 7.75. The molecule has 1 saturated heterocycles. The molecule has 27 heavy (non-hydrogen) atoms. The molecule has 0 saturated carbocycles. The third kappa shape index (κ3) is 5.54. The summed E-state index contributed by atoms with van der Waals surface area (Å²) < 4.78 is 19.2. The topological polar surface area (TPSA) is 41.6 Å². The van der Waals surface area contributed by atoms with Crippen molar-refractivity contribution >= 4 is 6.09 Å². The molecule has 0 aromatic heterocycles. The summed E-state index contributed by atoms with van der Waals surface area (Å²) in [5, 5.41) is 2.99. The standard InChI is InChI=1S/C22H27FN2O2/c1-22(2,3)27-21(26)24-20-15-25(13-16-8-5-4-6-9-16)14-19(20)17-10-7-11-18(23)12-17/h4-12,19-20H,13-15H2,1-3H3,(H,24,26)/t19-,20+/m0/s1. The van der Waals surface area contributed by atoms with Crippen LogP contribution in [0, 0.1) is 5.82 Å². The number of rotatable bonds is 4. The Balaban J connectivity index is 1.75. The van der Waals surface area contributed by atoms with Gasteiger partial charge in [-0.3, -0.25) is 4.90 Å². The Morgan fingerprint density at radius 3 is 2.56 bits per heavy atom. The van der Waals surface area contributed by atoms with Gasteiger partial charge in [0.1, 0.15) is 11.4 Å². The van der Waals surface area contributed by atoms with Gasteiger partial charge in [-0.05, 0) is 44.0 Å². The number of hydrogen-bond acceptors (Lipinski definition) is 3. The van der Waals surface area contributed by atoms with Crippen molar-refractivity contribution in [1.82, 2.24) is 10.2 Å². The van der Waals surface area contributed by atoms with Gasteiger partial charge in [-0.2, -0.15) is 0 Å². The monoisotopic (exact) mass is 370 g/mol. The summed E-state index contributed by atoms with van der Waals surface area (Å²) in [5.41, 5.74) is 1.56. The minimum Gasteiger partial charge on any atom is -0.444 e. The van der Waals surface area contributed by atoms with Gasteiger partial charge in [0.15, 0.2) is 0 Å². The average molecular weight is 370 g/mol. The van der Waals surface area contributed by atoms with Gasteiger partial charge in [0.05, 0.1) is 6.04 Å². The number of alkyl carbamates (subject to hydrolysis) is 1. The van der Waals surface area contributed by atoms with Gasteiger partial charge in [-0.25, -0.2) is 9.18 Å². The molecule has 0 aliphatic carbocycles. The van der Waals surface area contributed by atoms with E-state index >= 15 is 0 Å². The van der Waals surface area contributed by atoms with Crippen molar-refractivity contribution in [2.45, 2.75) is 44.9 Å². The molecule has 0 unspecified atom stereocenters. The molecule has 2 aromatic carbocycles. The van der Waals surface area contributed by atoms with Crippen LogP contribution in [-0.2, 0) is 11.3 Å². The molecule has 2 atom stereocenters. The van der Waals surface area contributed by atoms with E-state index in [1.165, 1.54) is 11.6 Å². The van der Waals surface area contributed by atoms with Crippen LogP contribution in [0.4, 0.5) is 9.18 Å². The Labute approximate surface area is 160 Å². The highest BCUT2D eigenvalue weighted by molar-refractivity contribution is 5.68. The lowest BCUT2D eigenvalue weighted by atomic mass is 9.94. The van der Waals surface area contributed by atoms with E-state index in [1.54, 1.807) is 12.1 Å². The van der Waals surface area contributed by atoms with E-state index in [2.05, 4.69) is 22.3 Å². The highest BCUT2D eigenvalue weighted by Gasteiger charge is 2.35. The summed E-state index contributed by atoms with van der Waals surface area (Å²) in [4.78, 5) is 14.6. The van der Waals surface area contributed by atoms with Crippen molar-refractivity contribution < 1.29 is 13.9 Å². The van der Waals surface area contributed by atoms with Crippen molar-refractivity contribution in [3.8, 4) is 0 Å². The molecule has 1 fully saturated rings. The second-order valence-corrected chi connectivity index (χ2v) is 8.09. The van der Waals surface area contributed by atoms with E-state index in [-0.39, 0.29) is 17.8 Å². The van der Waals surface area contributed by atoms with Crippen molar-refractivity contribution in [2.75, 3.05) is 13.1 Å². The number of amides is 1. The number of carbonyl (C=O) groups excluding carboxylic acids is 1. The van der Waals surface area contributed by atoms with Crippen LogP contribution in [0.15, 0.2) is 54.6 Å². The van der Waals surface area contributed by atoms with E-state index in [0.717, 1.165) is 18.7 Å². The number of hydrogen-bond donors (Lipinski definition) is 1. The van der Waals surface area contributed by atoms with Gasteiger partial charge in [0.2, 0.25) is 0 Å². The first kappa shape index (κ1) is 19.4. The summed E-state index contributed by atoms with van der Waals surface area (Å²) in [6.07, 6.45) is -0.435. The Bertz CT molecular complexity index is 773. The zero-order valence-corrected chi connectivity index (χ0v) is 16.1. The maximum Gasteiger partial charge on any atom is 0.407 e. The molecule has 1 amide bonds. The molecular weight excluding hydrogens is 343 g/mol. The van der Waals surface area contributed by atoms with Crippen LogP contribution < -0.4 is 5.32 Å². The van der Waals surface area contributed by atoms with E-state index in [1.807, 2.05) is 45.0 Å². The van der Waals surface area contributed by atoms with Gasteiger partial charge in [0.25, 0.3) is 0 Å². The van der Waals surface area contributed by atoms with E-state index in [9.17, 15) is 9.18 Å². The second kappa shape index (κ2) is 8.09. The molecule has 0 bridgehead atoms. The summed E-state index contributed by atoms with van der Waals surface area (Å²) in [7, 11) is 0. The number of likely N-dealkylation sites (tertiary alicyclic amines) is 1. The molecule has 0 radical (unpaired) electrons. The maximum absolute atomic E-state index is 13.8. The molecule has 144 valence electrons. The fraction of sp³-hybridized carbons (Fsp3) is 0.409. The van der Waals surface area contributed by atoms with Crippen molar-refractivity contribution in [3.05, 3.63) is 71.5 Å². The summed E-state index contributed by atoms with van der Waals surface area (Å²) in [5.74, 6) is -0.248. The molecule has 1 aliphatic rings. The SMILES string of the molecule is CC(C)(C)OC(=O)N[C@@H]1CN(Cc2ccccc2)C[C@H]1c1cccc(F)c1. The highest BCUT2D eigenvalue weighted by Crippen LogP contribution is 2.29. The lowest BCUT2D eigenvalue weighted by Crippen LogP contribution is -2.42. The van der Waals surface area contributed by atoms with Crippen LogP contribution >= 0.6 is 0 Å². The molecule has 0 spiro atoms. The van der Waals surface area contributed by atoms with E-state index in [4.69, 9.17) is 4.74 Å². The normalized spacial score (nSPS) is 20.4. The Hall–Kier alpha value is -2.40. The Morgan fingerprint density at radius 1 is 1.15 bits per heavy atom. The predicted molar refractivity (Wildman–Crippen MR) is 104 cm³/mol. The summed E-state index contributed by atoms with van der Waals surface area (Å²) in [6, 6.07) is 16.7. The fourth-order valence-electron chi connectivity index (χ4n) is 3.54. The molecule has 1 heterocycles. The number of halogens is 1. The van der Waals surface area contributed by atoms with Gasteiger partial charge in [-0.1, -0.05) is 42.5 Å². The predicted octanol–water partition coefficient (Wildman–Crippen LogP) is 4.32. The third-order valence-electron chi connectivity index (χ3n) is 4.62. The van der Waals surface area contributed by atoms with Crippen LogP contribution in [-0.4, -0.2) is 35.7 Å². The molecule has 1 aliphatic heterocycles. The van der Waals surface area contributed by atoms with Crippen LogP contribution in [0.5, 0.6) is 0 Å². The molecule has 1 N–H and O–H groups in total. The number of carbonyl (C=O) groups is 1. The number of ether oxygens (including phenoxy) is 1.